The zero-order valence-corrected chi connectivity index (χ0v) is 6.44. The first kappa shape index (κ1) is 11.3. The normalized spacial score (nSPS) is 12.8. The van der Waals surface area contributed by atoms with Crippen LogP contribution < -0.4 is 5.32 Å². The van der Waals surface area contributed by atoms with E-state index in [1.165, 1.54) is 0 Å². The molecule has 0 aliphatic heterocycles. The number of nitriles is 1. The van der Waals surface area contributed by atoms with Gasteiger partial charge in [-0.15, -0.1) is 0 Å². The molecule has 1 amide bonds. The molecule has 2 N–H and O–H groups in total. The Labute approximate surface area is 71.3 Å². The van der Waals surface area contributed by atoms with Crippen molar-refractivity contribution in [2.45, 2.75) is 13.2 Å². The summed E-state index contributed by atoms with van der Waals surface area (Å²) in [5.74, 6) is -2.43. The van der Waals surface area contributed by atoms with Crippen LogP contribution in [0.25, 0.3) is 0 Å². The number of carbonyl (C=O) groups excluding carboxylic acids is 1. The molecule has 0 bridgehead atoms. The second-order valence-electron chi connectivity index (χ2n) is 2.02. The van der Waals surface area contributed by atoms with E-state index >= 15 is 0 Å². The number of rotatable bonds is 1. The molecule has 0 aromatic heterocycles. The SMILES string of the molecule is C/C(O)=C(/C#N)C(=O)NC(F)(F)F. The van der Waals surface area contributed by atoms with Gasteiger partial charge in [0.15, 0.2) is 5.57 Å². The molecule has 13 heavy (non-hydrogen) atoms. The molecule has 0 unspecified atom stereocenters. The van der Waals surface area contributed by atoms with E-state index in [1.54, 1.807) is 0 Å². The molecule has 7 heteroatoms. The van der Waals surface area contributed by atoms with Gasteiger partial charge in [0.25, 0.3) is 5.91 Å². The van der Waals surface area contributed by atoms with Gasteiger partial charge in [-0.2, -0.15) is 18.4 Å². The van der Waals surface area contributed by atoms with Gasteiger partial charge < -0.3 is 5.11 Å². The van der Waals surface area contributed by atoms with E-state index in [-0.39, 0.29) is 0 Å². The summed E-state index contributed by atoms with van der Waals surface area (Å²) in [5, 5.41) is 17.3. The predicted molar refractivity (Wildman–Crippen MR) is 35.1 cm³/mol. The molecular formula is C6H5F3N2O2. The fraction of sp³-hybridized carbons (Fsp3) is 0.333. The maximum Gasteiger partial charge on any atom is 0.484 e. The molecular weight excluding hydrogens is 189 g/mol. The first-order valence-electron chi connectivity index (χ1n) is 2.97. The number of hydrogen-bond donors (Lipinski definition) is 2. The van der Waals surface area contributed by atoms with Crippen LogP contribution in [-0.2, 0) is 4.79 Å². The topological polar surface area (TPSA) is 73.1 Å². The van der Waals surface area contributed by atoms with Crippen molar-refractivity contribution in [3.63, 3.8) is 0 Å². The molecule has 0 spiro atoms. The van der Waals surface area contributed by atoms with E-state index in [0.29, 0.717) is 5.32 Å². The first-order chi connectivity index (χ1) is 5.78. The van der Waals surface area contributed by atoms with Gasteiger partial charge in [0.1, 0.15) is 11.8 Å². The quantitative estimate of drug-likeness (QED) is 0.283. The molecule has 0 aliphatic rings. The van der Waals surface area contributed by atoms with E-state index in [9.17, 15) is 18.0 Å². The number of allylic oxidation sites excluding steroid dienone is 1. The highest BCUT2D eigenvalue weighted by Crippen LogP contribution is 2.11. The Hall–Kier alpha value is -1.71. The van der Waals surface area contributed by atoms with Crippen LogP contribution in [0.1, 0.15) is 6.92 Å². The first-order valence-corrected chi connectivity index (χ1v) is 2.97. The summed E-state index contributed by atoms with van der Waals surface area (Å²) in [6, 6.07) is 1.14. The van der Waals surface area contributed by atoms with Crippen molar-refractivity contribution in [2.75, 3.05) is 0 Å². The lowest BCUT2D eigenvalue weighted by molar-refractivity contribution is -0.167. The third-order valence-corrected chi connectivity index (χ3v) is 0.956. The highest BCUT2D eigenvalue weighted by molar-refractivity contribution is 5.97. The third-order valence-electron chi connectivity index (χ3n) is 0.956. The van der Waals surface area contributed by atoms with Crippen molar-refractivity contribution in [2.24, 2.45) is 0 Å². The van der Waals surface area contributed by atoms with Crippen molar-refractivity contribution in [1.29, 1.82) is 5.26 Å². The van der Waals surface area contributed by atoms with E-state index in [0.717, 1.165) is 13.0 Å². The summed E-state index contributed by atoms with van der Waals surface area (Å²) < 4.78 is 34.6. The third kappa shape index (κ3) is 4.00. The van der Waals surface area contributed by atoms with Gasteiger partial charge in [-0.25, -0.2) is 0 Å². The Morgan fingerprint density at radius 1 is 1.54 bits per heavy atom. The van der Waals surface area contributed by atoms with Gasteiger partial charge in [-0.1, -0.05) is 0 Å². The number of carbonyl (C=O) groups is 1. The Kier molecular flexibility index (Phi) is 3.30. The standard InChI is InChI=1S/C6H5F3N2O2/c1-3(12)4(2-10)5(13)11-6(7,8)9/h12H,1H3,(H,11,13)/b4-3+. The van der Waals surface area contributed by atoms with Gasteiger partial charge in [-0.05, 0) is 6.92 Å². The molecule has 0 aromatic rings. The van der Waals surface area contributed by atoms with E-state index < -0.39 is 23.5 Å². The Morgan fingerprint density at radius 2 is 2.00 bits per heavy atom. The van der Waals surface area contributed by atoms with Crippen LogP contribution in [-0.4, -0.2) is 17.3 Å². The van der Waals surface area contributed by atoms with Crippen molar-refractivity contribution in [3.8, 4) is 6.07 Å². The van der Waals surface area contributed by atoms with Crippen LogP contribution in [0.2, 0.25) is 0 Å². The van der Waals surface area contributed by atoms with Crippen molar-refractivity contribution >= 4 is 5.91 Å². The summed E-state index contributed by atoms with van der Waals surface area (Å²) >= 11 is 0. The van der Waals surface area contributed by atoms with Crippen LogP contribution in [0.5, 0.6) is 0 Å². The summed E-state index contributed by atoms with van der Waals surface area (Å²) in [5.41, 5.74) is -0.961. The highest BCUT2D eigenvalue weighted by Gasteiger charge is 2.32. The summed E-state index contributed by atoms with van der Waals surface area (Å²) in [6.07, 6.45) is -4.91. The molecule has 0 heterocycles. The van der Waals surface area contributed by atoms with Gasteiger partial charge in [0.2, 0.25) is 0 Å². The maximum atomic E-state index is 11.5. The number of nitrogens with one attached hydrogen (secondary N) is 1. The highest BCUT2D eigenvalue weighted by atomic mass is 19.4. The average Bonchev–Trinajstić information content (AvgIpc) is 1.82. The molecule has 0 rings (SSSR count). The minimum atomic E-state index is -4.91. The van der Waals surface area contributed by atoms with Crippen molar-refractivity contribution in [1.82, 2.24) is 5.32 Å². The van der Waals surface area contributed by atoms with Crippen LogP contribution in [0, 0.1) is 11.3 Å². The monoisotopic (exact) mass is 194 g/mol. The minimum Gasteiger partial charge on any atom is -0.511 e. The predicted octanol–water partition coefficient (Wildman–Crippen LogP) is 0.978. The molecule has 0 radical (unpaired) electrons. The average molecular weight is 194 g/mol. The molecule has 0 fully saturated rings. The van der Waals surface area contributed by atoms with Gasteiger partial charge in [-0.3, -0.25) is 10.1 Å². The lowest BCUT2D eigenvalue weighted by atomic mass is 10.2. The number of aliphatic hydroxyl groups excluding tert-OH is 1. The fourth-order valence-corrected chi connectivity index (χ4v) is 0.487. The van der Waals surface area contributed by atoms with Crippen molar-refractivity contribution < 1.29 is 23.1 Å². The van der Waals surface area contributed by atoms with Crippen molar-refractivity contribution in [3.05, 3.63) is 11.3 Å². The molecule has 4 nitrogen and oxygen atoms in total. The number of hydrogen-bond acceptors (Lipinski definition) is 3. The van der Waals surface area contributed by atoms with Crippen LogP contribution in [0.3, 0.4) is 0 Å². The van der Waals surface area contributed by atoms with E-state index in [2.05, 4.69) is 0 Å². The zero-order chi connectivity index (χ0) is 10.6. The molecule has 0 aliphatic carbocycles. The Morgan fingerprint density at radius 3 is 2.23 bits per heavy atom. The van der Waals surface area contributed by atoms with E-state index in [1.807, 2.05) is 0 Å². The smallest absolute Gasteiger partial charge is 0.484 e. The van der Waals surface area contributed by atoms with Crippen LogP contribution in [0.15, 0.2) is 11.3 Å². The molecule has 0 atom stereocenters. The molecule has 0 saturated carbocycles. The van der Waals surface area contributed by atoms with Gasteiger partial charge >= 0.3 is 6.30 Å². The second kappa shape index (κ2) is 3.80. The summed E-state index contributed by atoms with van der Waals surface area (Å²) in [4.78, 5) is 10.6. The number of nitrogens with zero attached hydrogens (tertiary/aromatic N) is 1. The van der Waals surface area contributed by atoms with Gasteiger partial charge in [0, 0.05) is 0 Å². The second-order valence-corrected chi connectivity index (χ2v) is 2.02. The lowest BCUT2D eigenvalue weighted by Crippen LogP contribution is -2.38. The number of alkyl halides is 3. The minimum absolute atomic E-state index is 0.572. The largest absolute Gasteiger partial charge is 0.511 e. The molecule has 72 valence electrons. The van der Waals surface area contributed by atoms with E-state index in [4.69, 9.17) is 10.4 Å². The summed E-state index contributed by atoms with van der Waals surface area (Å²) in [6.45, 7) is 0.939. The number of halogens is 3. The lowest BCUT2D eigenvalue weighted by Gasteiger charge is -2.07. The molecule has 0 saturated heterocycles. The van der Waals surface area contributed by atoms with Crippen LogP contribution >= 0.6 is 0 Å². The Balaban J connectivity index is 4.65. The summed E-state index contributed by atoms with van der Waals surface area (Å²) in [7, 11) is 0. The zero-order valence-electron chi connectivity index (χ0n) is 6.44. The fourth-order valence-electron chi connectivity index (χ4n) is 0.487. The molecule has 0 aromatic carbocycles. The Bertz CT molecular complexity index is 283. The van der Waals surface area contributed by atoms with Crippen LogP contribution in [0.4, 0.5) is 13.2 Å². The number of aliphatic hydroxyl groups is 1. The van der Waals surface area contributed by atoms with Gasteiger partial charge in [0.05, 0.1) is 0 Å². The number of amides is 1. The maximum absolute atomic E-state index is 11.5.